The Kier molecular flexibility index (Phi) is 5.66. The van der Waals surface area contributed by atoms with Gasteiger partial charge in [0.15, 0.2) is 0 Å². The molecule has 2 unspecified atom stereocenters. The molecule has 0 spiro atoms. The second kappa shape index (κ2) is 7.84. The van der Waals surface area contributed by atoms with E-state index in [1.165, 1.54) is 24.3 Å². The molecule has 28 heavy (non-hydrogen) atoms. The first-order valence-corrected chi connectivity index (χ1v) is 11.3. The van der Waals surface area contributed by atoms with Crippen molar-refractivity contribution in [3.8, 4) is 0 Å². The second-order valence-corrected chi connectivity index (χ2v) is 9.28. The van der Waals surface area contributed by atoms with Crippen molar-refractivity contribution in [2.75, 3.05) is 0 Å². The van der Waals surface area contributed by atoms with Gasteiger partial charge in [0.2, 0.25) is 0 Å². The first-order chi connectivity index (χ1) is 13.2. The molecule has 3 aromatic carbocycles. The van der Waals surface area contributed by atoms with Crippen LogP contribution in [0.25, 0.3) is 0 Å². The molecule has 0 aliphatic heterocycles. The van der Waals surface area contributed by atoms with Crippen molar-refractivity contribution in [3.05, 3.63) is 107 Å². The maximum atomic E-state index is 12.0. The summed E-state index contributed by atoms with van der Waals surface area (Å²) in [6, 6.07) is 22.1. The third kappa shape index (κ3) is 4.48. The Morgan fingerprint density at radius 2 is 0.714 bits per heavy atom. The van der Waals surface area contributed by atoms with Gasteiger partial charge >= 0.3 is 0 Å². The van der Waals surface area contributed by atoms with Gasteiger partial charge in [-0.2, -0.15) is 16.8 Å². The predicted octanol–water partition coefficient (Wildman–Crippen LogP) is 3.64. The fourth-order valence-corrected chi connectivity index (χ4v) is 5.18. The molecule has 8 heteroatoms. The van der Waals surface area contributed by atoms with Crippen LogP contribution in [0.2, 0.25) is 0 Å². The standard InChI is InChI=1S/C20H18O6S2/c21-27(22,23)19(15-7-3-1-4-8-15)17-11-13-18(14-12-17)20(28(24,25)26)16-9-5-2-6-10-16/h1-14,19-20H,(H,21,22,23)(H,24,25,26). The van der Waals surface area contributed by atoms with Crippen LogP contribution in [0.15, 0.2) is 84.9 Å². The topological polar surface area (TPSA) is 109 Å². The van der Waals surface area contributed by atoms with E-state index in [0.717, 1.165) is 0 Å². The molecule has 0 aliphatic rings. The summed E-state index contributed by atoms with van der Waals surface area (Å²) in [5, 5.41) is -2.60. The molecule has 0 amide bonds. The SMILES string of the molecule is O=S(=O)(O)C(c1ccccc1)c1ccc(C(c2ccccc2)S(=O)(=O)O)cc1. The monoisotopic (exact) mass is 418 g/mol. The van der Waals surface area contributed by atoms with Crippen molar-refractivity contribution < 1.29 is 25.9 Å². The summed E-state index contributed by atoms with van der Waals surface area (Å²) in [6.45, 7) is 0. The van der Waals surface area contributed by atoms with Crippen LogP contribution >= 0.6 is 0 Å². The summed E-state index contributed by atoms with van der Waals surface area (Å²) in [5.74, 6) is 0. The summed E-state index contributed by atoms with van der Waals surface area (Å²) in [4.78, 5) is 0. The predicted molar refractivity (Wildman–Crippen MR) is 106 cm³/mol. The van der Waals surface area contributed by atoms with E-state index in [0.29, 0.717) is 11.1 Å². The molecule has 0 fully saturated rings. The molecule has 3 aromatic rings. The number of rotatable bonds is 6. The third-order valence-corrected chi connectivity index (χ3v) is 6.62. The van der Waals surface area contributed by atoms with Crippen molar-refractivity contribution >= 4 is 20.2 Å². The molecular formula is C20H18O6S2. The van der Waals surface area contributed by atoms with Crippen molar-refractivity contribution in [3.63, 3.8) is 0 Å². The maximum Gasteiger partial charge on any atom is 0.276 e. The van der Waals surface area contributed by atoms with Crippen LogP contribution in [0.1, 0.15) is 32.8 Å². The lowest BCUT2D eigenvalue weighted by Crippen LogP contribution is -2.15. The minimum atomic E-state index is -4.45. The molecule has 0 aromatic heterocycles. The maximum absolute atomic E-state index is 12.0. The van der Waals surface area contributed by atoms with E-state index in [1.54, 1.807) is 60.7 Å². The van der Waals surface area contributed by atoms with E-state index >= 15 is 0 Å². The average Bonchev–Trinajstić information content (AvgIpc) is 2.63. The summed E-state index contributed by atoms with van der Waals surface area (Å²) < 4.78 is 67.2. The van der Waals surface area contributed by atoms with E-state index in [2.05, 4.69) is 0 Å². The quantitative estimate of drug-likeness (QED) is 0.592. The Labute approximate surface area is 164 Å². The highest BCUT2D eigenvalue weighted by molar-refractivity contribution is 7.86. The van der Waals surface area contributed by atoms with Gasteiger partial charge in [-0.05, 0) is 22.3 Å². The van der Waals surface area contributed by atoms with Gasteiger partial charge in [0.1, 0.15) is 10.5 Å². The molecule has 0 aliphatic carbocycles. The fraction of sp³-hybridized carbons (Fsp3) is 0.100. The van der Waals surface area contributed by atoms with Crippen LogP contribution in [0, 0.1) is 0 Å². The van der Waals surface area contributed by atoms with Crippen molar-refractivity contribution in [2.24, 2.45) is 0 Å². The van der Waals surface area contributed by atoms with Crippen LogP contribution < -0.4 is 0 Å². The van der Waals surface area contributed by atoms with Crippen LogP contribution in [0.5, 0.6) is 0 Å². The van der Waals surface area contributed by atoms with Gasteiger partial charge < -0.3 is 0 Å². The van der Waals surface area contributed by atoms with E-state index in [-0.39, 0.29) is 11.1 Å². The van der Waals surface area contributed by atoms with Crippen LogP contribution in [-0.2, 0) is 20.2 Å². The fourth-order valence-electron chi connectivity index (χ4n) is 3.17. The zero-order valence-electron chi connectivity index (χ0n) is 14.6. The van der Waals surface area contributed by atoms with Gasteiger partial charge in [-0.3, -0.25) is 9.11 Å². The summed E-state index contributed by atoms with van der Waals surface area (Å²) >= 11 is 0. The summed E-state index contributed by atoms with van der Waals surface area (Å²) in [5.41, 5.74) is 1.32. The molecule has 2 N–H and O–H groups in total. The molecule has 0 saturated heterocycles. The minimum Gasteiger partial charge on any atom is -0.285 e. The normalized spacial score (nSPS) is 14.4. The van der Waals surface area contributed by atoms with Gasteiger partial charge in [0, 0.05) is 0 Å². The van der Waals surface area contributed by atoms with E-state index in [1.807, 2.05) is 0 Å². The third-order valence-electron chi connectivity index (χ3n) is 4.34. The molecule has 146 valence electrons. The van der Waals surface area contributed by atoms with Gasteiger partial charge in [0.25, 0.3) is 20.2 Å². The molecule has 0 heterocycles. The van der Waals surface area contributed by atoms with Crippen LogP contribution in [-0.4, -0.2) is 25.9 Å². The molecule has 6 nitrogen and oxygen atoms in total. The lowest BCUT2D eigenvalue weighted by molar-refractivity contribution is 0.472. The zero-order valence-corrected chi connectivity index (χ0v) is 16.2. The highest BCUT2D eigenvalue weighted by Crippen LogP contribution is 2.33. The first kappa shape index (κ1) is 20.2. The Morgan fingerprint density at radius 1 is 0.464 bits per heavy atom. The molecule has 3 rings (SSSR count). The Bertz CT molecular complexity index is 1050. The summed E-state index contributed by atoms with van der Waals surface area (Å²) in [6.07, 6.45) is 0. The lowest BCUT2D eigenvalue weighted by atomic mass is 9.99. The van der Waals surface area contributed by atoms with E-state index in [4.69, 9.17) is 0 Å². The Balaban J connectivity index is 2.06. The lowest BCUT2D eigenvalue weighted by Gasteiger charge is -2.18. The second-order valence-electron chi connectivity index (χ2n) is 6.28. The average molecular weight is 418 g/mol. The van der Waals surface area contributed by atoms with E-state index < -0.39 is 30.7 Å². The molecule has 0 radical (unpaired) electrons. The van der Waals surface area contributed by atoms with Crippen LogP contribution in [0.4, 0.5) is 0 Å². The molecular weight excluding hydrogens is 400 g/mol. The van der Waals surface area contributed by atoms with Gasteiger partial charge in [-0.15, -0.1) is 0 Å². The smallest absolute Gasteiger partial charge is 0.276 e. The number of hydrogen-bond acceptors (Lipinski definition) is 4. The Morgan fingerprint density at radius 3 is 0.964 bits per heavy atom. The Hall–Kier alpha value is -2.52. The van der Waals surface area contributed by atoms with Gasteiger partial charge in [0.05, 0.1) is 0 Å². The first-order valence-electron chi connectivity index (χ1n) is 8.30. The molecule has 0 bridgehead atoms. The van der Waals surface area contributed by atoms with Crippen molar-refractivity contribution in [1.82, 2.24) is 0 Å². The number of hydrogen-bond donors (Lipinski definition) is 2. The zero-order chi connectivity index (χ0) is 20.4. The van der Waals surface area contributed by atoms with Crippen molar-refractivity contribution in [2.45, 2.75) is 10.5 Å². The largest absolute Gasteiger partial charge is 0.285 e. The minimum absolute atomic E-state index is 0.277. The molecule has 2 atom stereocenters. The molecule has 0 saturated carbocycles. The van der Waals surface area contributed by atoms with Crippen molar-refractivity contribution in [1.29, 1.82) is 0 Å². The van der Waals surface area contributed by atoms with Crippen LogP contribution in [0.3, 0.4) is 0 Å². The van der Waals surface area contributed by atoms with Gasteiger partial charge in [-0.25, -0.2) is 0 Å². The highest BCUT2D eigenvalue weighted by atomic mass is 32.2. The number of benzene rings is 3. The van der Waals surface area contributed by atoms with Gasteiger partial charge in [-0.1, -0.05) is 84.9 Å². The highest BCUT2D eigenvalue weighted by Gasteiger charge is 2.30. The summed E-state index contributed by atoms with van der Waals surface area (Å²) in [7, 11) is -8.90. The van der Waals surface area contributed by atoms with E-state index in [9.17, 15) is 25.9 Å².